The zero-order valence-corrected chi connectivity index (χ0v) is 10.1. The van der Waals surface area contributed by atoms with E-state index in [2.05, 4.69) is 9.97 Å². The van der Waals surface area contributed by atoms with Gasteiger partial charge in [0, 0.05) is 5.56 Å². The van der Waals surface area contributed by atoms with E-state index in [1.54, 1.807) is 0 Å². The number of alkyl halides is 6. The molecule has 0 unspecified atom stereocenters. The van der Waals surface area contributed by atoms with Gasteiger partial charge in [-0.3, -0.25) is 5.32 Å². The van der Waals surface area contributed by atoms with Gasteiger partial charge in [0.05, 0.1) is 11.4 Å². The second-order valence-corrected chi connectivity index (χ2v) is 3.95. The lowest BCUT2D eigenvalue weighted by Gasteiger charge is -2.14. The highest BCUT2D eigenvalue weighted by Gasteiger charge is 2.33. The molecule has 2 aromatic rings. The first-order chi connectivity index (χ1) is 9.67. The molecule has 0 aliphatic rings. The molecule has 0 atom stereocenters. The molecule has 112 valence electrons. The smallest absolute Gasteiger partial charge is 0.297 e. The molecule has 0 radical (unpaired) electrons. The van der Waals surface area contributed by atoms with Crippen LogP contribution in [0.2, 0.25) is 0 Å². The molecule has 0 aliphatic carbocycles. The Balaban J connectivity index is 2.48. The predicted octanol–water partition coefficient (Wildman–Crippen LogP) is 4.09. The van der Waals surface area contributed by atoms with Gasteiger partial charge in [0.25, 0.3) is 0 Å². The normalized spacial score (nSPS) is 12.3. The van der Waals surface area contributed by atoms with Gasteiger partial charge in [-0.05, 0) is 12.1 Å². The van der Waals surface area contributed by atoms with E-state index in [-0.39, 0.29) is 11.3 Å². The van der Waals surface area contributed by atoms with Crippen LogP contribution in [0.15, 0.2) is 36.7 Å². The number of hydrogen-bond donors (Lipinski definition) is 1. The van der Waals surface area contributed by atoms with Crippen molar-refractivity contribution >= 4 is 5.69 Å². The van der Waals surface area contributed by atoms with Crippen molar-refractivity contribution in [3.8, 4) is 11.3 Å². The quantitative estimate of drug-likeness (QED) is 0.670. The summed E-state index contributed by atoms with van der Waals surface area (Å²) in [5, 5.41) is 1.26. The number of rotatable bonds is 2. The average molecular weight is 307 g/mol. The molecule has 0 saturated heterocycles. The van der Waals surface area contributed by atoms with E-state index in [4.69, 9.17) is 0 Å². The third-order valence-corrected chi connectivity index (χ3v) is 2.44. The van der Waals surface area contributed by atoms with Gasteiger partial charge < -0.3 is 0 Å². The zero-order chi connectivity index (χ0) is 15.7. The monoisotopic (exact) mass is 307 g/mol. The zero-order valence-electron chi connectivity index (χ0n) is 10.1. The van der Waals surface area contributed by atoms with E-state index in [0.29, 0.717) is 12.4 Å². The lowest BCUT2D eigenvalue weighted by atomic mass is 10.1. The van der Waals surface area contributed by atoms with Crippen LogP contribution >= 0.6 is 0 Å². The Bertz CT molecular complexity index is 635. The molecule has 0 spiro atoms. The van der Waals surface area contributed by atoms with Crippen molar-refractivity contribution in [2.24, 2.45) is 0 Å². The fourth-order valence-electron chi connectivity index (χ4n) is 1.63. The number of nitrogens with one attached hydrogen (secondary N) is 1. The predicted molar refractivity (Wildman–Crippen MR) is 62.1 cm³/mol. The highest BCUT2D eigenvalue weighted by molar-refractivity contribution is 5.75. The van der Waals surface area contributed by atoms with Crippen molar-refractivity contribution in [3.63, 3.8) is 0 Å². The molecule has 0 bridgehead atoms. The number of hydrogen-bond acceptors (Lipinski definition) is 3. The van der Waals surface area contributed by atoms with Gasteiger partial charge in [-0.25, -0.2) is 9.97 Å². The highest BCUT2D eigenvalue weighted by atomic mass is 19.4. The second kappa shape index (κ2) is 5.23. The Labute approximate surface area is 114 Å². The summed E-state index contributed by atoms with van der Waals surface area (Å²) in [6, 6.07) is 5.64. The molecule has 0 fully saturated rings. The Morgan fingerprint density at radius 2 is 1.57 bits per heavy atom. The number of anilines is 1. The van der Waals surface area contributed by atoms with Gasteiger partial charge >= 0.3 is 12.5 Å². The summed E-state index contributed by atoms with van der Waals surface area (Å²) in [5.74, 6) is 0. The molecule has 1 aromatic heterocycles. The fourth-order valence-corrected chi connectivity index (χ4v) is 1.63. The largest absolute Gasteiger partial charge is 0.482 e. The molecule has 3 nitrogen and oxygen atoms in total. The number of nitrogens with zero attached hydrogens (tertiary/aromatic N) is 2. The van der Waals surface area contributed by atoms with Crippen LogP contribution in [-0.4, -0.2) is 16.3 Å². The van der Waals surface area contributed by atoms with E-state index >= 15 is 0 Å². The first kappa shape index (κ1) is 15.1. The van der Waals surface area contributed by atoms with Crippen molar-refractivity contribution in [2.45, 2.75) is 12.5 Å². The number of aromatic nitrogens is 2. The van der Waals surface area contributed by atoms with E-state index in [1.807, 2.05) is 0 Å². The molecule has 9 heteroatoms. The van der Waals surface area contributed by atoms with Gasteiger partial charge in [0.1, 0.15) is 12.0 Å². The van der Waals surface area contributed by atoms with Crippen LogP contribution in [-0.2, 0) is 6.18 Å². The van der Waals surface area contributed by atoms with Crippen LogP contribution < -0.4 is 5.32 Å². The van der Waals surface area contributed by atoms with E-state index < -0.39 is 23.9 Å². The van der Waals surface area contributed by atoms with Gasteiger partial charge in [-0.15, -0.1) is 0 Å². The molecule has 1 N–H and O–H groups in total. The molecule has 1 aromatic carbocycles. The minimum atomic E-state index is -4.71. The van der Waals surface area contributed by atoms with Gasteiger partial charge in [0.2, 0.25) is 0 Å². The van der Waals surface area contributed by atoms with Crippen LogP contribution in [0.25, 0.3) is 11.3 Å². The van der Waals surface area contributed by atoms with E-state index in [9.17, 15) is 26.3 Å². The Morgan fingerprint density at radius 1 is 0.905 bits per heavy atom. The molecule has 2 rings (SSSR count). The first-order valence-corrected chi connectivity index (χ1v) is 5.50. The van der Waals surface area contributed by atoms with E-state index in [1.165, 1.54) is 23.5 Å². The molecular formula is C12H7F6N3. The summed E-state index contributed by atoms with van der Waals surface area (Å²) in [6.45, 7) is 0. The Morgan fingerprint density at radius 3 is 2.19 bits per heavy atom. The molecular weight excluding hydrogens is 300 g/mol. The number of para-hydroxylation sites is 1. The molecule has 1 heterocycles. The lowest BCUT2D eigenvalue weighted by Crippen LogP contribution is -2.21. The Hall–Kier alpha value is -2.32. The maximum Gasteiger partial charge on any atom is 0.482 e. The maximum absolute atomic E-state index is 12.6. The number of benzene rings is 1. The van der Waals surface area contributed by atoms with Crippen LogP contribution in [0.5, 0.6) is 0 Å². The molecule has 21 heavy (non-hydrogen) atoms. The second-order valence-electron chi connectivity index (χ2n) is 3.95. The Kier molecular flexibility index (Phi) is 3.75. The maximum atomic E-state index is 12.6. The van der Waals surface area contributed by atoms with Crippen molar-refractivity contribution < 1.29 is 26.3 Å². The van der Waals surface area contributed by atoms with Crippen molar-refractivity contribution in [1.29, 1.82) is 0 Å². The van der Waals surface area contributed by atoms with Gasteiger partial charge in [-0.2, -0.15) is 26.3 Å². The average Bonchev–Trinajstić information content (AvgIpc) is 2.37. The summed E-state index contributed by atoms with van der Waals surface area (Å²) in [5.41, 5.74) is -1.99. The summed E-state index contributed by atoms with van der Waals surface area (Å²) in [6.07, 6.45) is -8.76. The highest BCUT2D eigenvalue weighted by Crippen LogP contribution is 2.33. The fraction of sp³-hybridized carbons (Fsp3) is 0.167. The SMILES string of the molecule is FC(F)(F)Nc1ccccc1-c1cc(C(F)(F)F)ncn1. The third kappa shape index (κ3) is 3.83. The van der Waals surface area contributed by atoms with Crippen LogP contribution in [0, 0.1) is 0 Å². The topological polar surface area (TPSA) is 37.8 Å². The summed E-state index contributed by atoms with van der Waals surface area (Å²) in [4.78, 5) is 6.66. The summed E-state index contributed by atoms with van der Waals surface area (Å²) >= 11 is 0. The summed E-state index contributed by atoms with van der Waals surface area (Å²) < 4.78 is 74.9. The summed E-state index contributed by atoms with van der Waals surface area (Å²) in [7, 11) is 0. The van der Waals surface area contributed by atoms with Crippen LogP contribution in [0.1, 0.15) is 5.69 Å². The molecule has 0 amide bonds. The lowest BCUT2D eigenvalue weighted by molar-refractivity contribution is -0.141. The molecule has 0 saturated carbocycles. The van der Waals surface area contributed by atoms with Gasteiger partial charge in [-0.1, -0.05) is 18.2 Å². The van der Waals surface area contributed by atoms with Crippen molar-refractivity contribution in [2.75, 3.05) is 5.32 Å². The third-order valence-electron chi connectivity index (χ3n) is 2.44. The first-order valence-electron chi connectivity index (χ1n) is 5.50. The minimum absolute atomic E-state index is 0.109. The minimum Gasteiger partial charge on any atom is -0.297 e. The van der Waals surface area contributed by atoms with Crippen molar-refractivity contribution in [3.05, 3.63) is 42.4 Å². The molecule has 0 aliphatic heterocycles. The van der Waals surface area contributed by atoms with E-state index in [0.717, 1.165) is 6.07 Å². The van der Waals surface area contributed by atoms with Crippen LogP contribution in [0.3, 0.4) is 0 Å². The standard InChI is InChI=1S/C12H7F6N3/c13-11(14,15)10-5-9(19-6-20-10)7-3-1-2-4-8(7)21-12(16,17)18/h1-6,21H. The van der Waals surface area contributed by atoms with Gasteiger partial charge in [0.15, 0.2) is 0 Å². The van der Waals surface area contributed by atoms with Crippen molar-refractivity contribution in [1.82, 2.24) is 9.97 Å². The van der Waals surface area contributed by atoms with Crippen LogP contribution in [0.4, 0.5) is 32.0 Å². The number of halogens is 6.